The van der Waals surface area contributed by atoms with E-state index in [9.17, 15) is 8.42 Å². The average molecular weight is 264 g/mol. The van der Waals surface area contributed by atoms with Gasteiger partial charge in [0.05, 0.1) is 0 Å². The molecule has 1 rings (SSSR count). The van der Waals surface area contributed by atoms with E-state index < -0.39 is 10.2 Å². The van der Waals surface area contributed by atoms with Crippen LogP contribution in [0.25, 0.3) is 0 Å². The molecule has 1 saturated heterocycles. The van der Waals surface area contributed by atoms with E-state index in [1.165, 1.54) is 4.31 Å². The van der Waals surface area contributed by atoms with E-state index in [0.29, 0.717) is 19.6 Å². The van der Waals surface area contributed by atoms with Crippen LogP contribution in [0.15, 0.2) is 0 Å². The van der Waals surface area contributed by atoms with Crippen molar-refractivity contribution in [2.75, 3.05) is 60.4 Å². The third-order valence-corrected chi connectivity index (χ3v) is 4.87. The molecule has 0 atom stereocenters. The van der Waals surface area contributed by atoms with E-state index in [1.807, 2.05) is 19.0 Å². The highest BCUT2D eigenvalue weighted by Gasteiger charge is 2.26. The number of likely N-dealkylation sites (N-methyl/N-ethyl adjacent to an activating group) is 2. The van der Waals surface area contributed by atoms with Crippen LogP contribution in [-0.4, -0.2) is 82.3 Å². The van der Waals surface area contributed by atoms with Gasteiger partial charge in [0.25, 0.3) is 10.2 Å². The van der Waals surface area contributed by atoms with E-state index in [4.69, 9.17) is 0 Å². The van der Waals surface area contributed by atoms with Crippen LogP contribution in [0.3, 0.4) is 0 Å². The minimum absolute atomic E-state index is 0.527. The zero-order valence-corrected chi connectivity index (χ0v) is 11.8. The lowest BCUT2D eigenvalue weighted by atomic mass is 10.4. The first-order chi connectivity index (χ1) is 7.94. The smallest absolute Gasteiger partial charge is 0.281 e. The van der Waals surface area contributed by atoms with Crippen molar-refractivity contribution >= 4 is 10.2 Å². The van der Waals surface area contributed by atoms with Crippen LogP contribution in [0.1, 0.15) is 6.42 Å². The molecule has 7 heteroatoms. The summed E-state index contributed by atoms with van der Waals surface area (Å²) in [6.07, 6.45) is 0.876. The molecule has 1 aliphatic rings. The van der Waals surface area contributed by atoms with Gasteiger partial charge >= 0.3 is 0 Å². The fraction of sp³-hybridized carbons (Fsp3) is 1.00. The Balaban J connectivity index is 2.58. The first kappa shape index (κ1) is 14.8. The standard InChI is InChI=1S/C10H24N4O2S/c1-12(2)9-10-13(3)17(15,16)14-7-4-5-11-6-8-14/h11H,4-10H2,1-3H3. The van der Waals surface area contributed by atoms with Crippen molar-refractivity contribution in [3.63, 3.8) is 0 Å². The average Bonchev–Trinajstić information content (AvgIpc) is 2.54. The maximum absolute atomic E-state index is 12.3. The lowest BCUT2D eigenvalue weighted by molar-refractivity contribution is 0.330. The van der Waals surface area contributed by atoms with Crippen molar-refractivity contribution < 1.29 is 8.42 Å². The highest BCUT2D eigenvalue weighted by Crippen LogP contribution is 2.08. The number of nitrogens with one attached hydrogen (secondary N) is 1. The maximum atomic E-state index is 12.3. The Kier molecular flexibility index (Phi) is 5.81. The Hall–Kier alpha value is -0.210. The lowest BCUT2D eigenvalue weighted by Crippen LogP contribution is -2.45. The summed E-state index contributed by atoms with van der Waals surface area (Å²) in [6.45, 7) is 4.07. The molecule has 1 N–H and O–H groups in total. The molecule has 0 bridgehead atoms. The largest absolute Gasteiger partial charge is 0.315 e. The number of hydrogen-bond acceptors (Lipinski definition) is 4. The normalized spacial score (nSPS) is 19.8. The molecule has 0 unspecified atom stereocenters. The Morgan fingerprint density at radius 2 is 1.82 bits per heavy atom. The second-order valence-electron chi connectivity index (χ2n) is 4.64. The summed E-state index contributed by atoms with van der Waals surface area (Å²) < 4.78 is 27.5. The van der Waals surface area contributed by atoms with Gasteiger partial charge in [-0.05, 0) is 27.1 Å². The highest BCUT2D eigenvalue weighted by atomic mass is 32.2. The van der Waals surface area contributed by atoms with Gasteiger partial charge in [-0.25, -0.2) is 0 Å². The van der Waals surface area contributed by atoms with Crippen molar-refractivity contribution in [2.45, 2.75) is 6.42 Å². The third-order valence-electron chi connectivity index (χ3n) is 2.88. The summed E-state index contributed by atoms with van der Waals surface area (Å²) in [4.78, 5) is 1.98. The van der Waals surface area contributed by atoms with E-state index in [1.54, 1.807) is 11.4 Å². The van der Waals surface area contributed by atoms with Crippen LogP contribution >= 0.6 is 0 Å². The van der Waals surface area contributed by atoms with E-state index in [-0.39, 0.29) is 0 Å². The molecule has 1 fully saturated rings. The number of nitrogens with zero attached hydrogens (tertiary/aromatic N) is 3. The minimum Gasteiger partial charge on any atom is -0.315 e. The van der Waals surface area contributed by atoms with Crippen LogP contribution in [0.2, 0.25) is 0 Å². The molecule has 0 aromatic rings. The van der Waals surface area contributed by atoms with Crippen LogP contribution in [0, 0.1) is 0 Å². The summed E-state index contributed by atoms with van der Waals surface area (Å²) >= 11 is 0. The molecular formula is C10H24N4O2S. The van der Waals surface area contributed by atoms with Gasteiger partial charge in [0.2, 0.25) is 0 Å². The molecule has 0 spiro atoms. The molecule has 102 valence electrons. The Labute approximate surface area is 105 Å². The number of hydrogen-bond donors (Lipinski definition) is 1. The van der Waals surface area contributed by atoms with Gasteiger partial charge < -0.3 is 10.2 Å². The quantitative estimate of drug-likeness (QED) is 0.693. The van der Waals surface area contributed by atoms with Gasteiger partial charge in [-0.2, -0.15) is 17.0 Å². The third kappa shape index (κ3) is 4.51. The van der Waals surface area contributed by atoms with Crippen LogP contribution in [0.4, 0.5) is 0 Å². The fourth-order valence-electron chi connectivity index (χ4n) is 1.70. The van der Waals surface area contributed by atoms with Crippen molar-refractivity contribution in [1.82, 2.24) is 18.8 Å². The van der Waals surface area contributed by atoms with Gasteiger partial charge in [0, 0.05) is 39.8 Å². The molecule has 1 heterocycles. The highest BCUT2D eigenvalue weighted by molar-refractivity contribution is 7.86. The fourth-order valence-corrected chi connectivity index (χ4v) is 3.09. The van der Waals surface area contributed by atoms with Crippen LogP contribution in [-0.2, 0) is 10.2 Å². The van der Waals surface area contributed by atoms with Crippen LogP contribution in [0.5, 0.6) is 0 Å². The Morgan fingerprint density at radius 1 is 1.12 bits per heavy atom. The molecule has 0 amide bonds. The van der Waals surface area contributed by atoms with Crippen molar-refractivity contribution in [3.05, 3.63) is 0 Å². The maximum Gasteiger partial charge on any atom is 0.281 e. The molecule has 0 radical (unpaired) electrons. The Morgan fingerprint density at radius 3 is 2.47 bits per heavy atom. The van der Waals surface area contributed by atoms with Crippen molar-refractivity contribution in [3.8, 4) is 0 Å². The van der Waals surface area contributed by atoms with Gasteiger partial charge in [-0.1, -0.05) is 0 Å². The summed E-state index contributed by atoms with van der Waals surface area (Å²) in [6, 6.07) is 0. The van der Waals surface area contributed by atoms with Gasteiger partial charge in [-0.15, -0.1) is 0 Å². The molecule has 1 aliphatic heterocycles. The molecular weight excluding hydrogens is 240 g/mol. The first-order valence-electron chi connectivity index (χ1n) is 6.01. The molecule has 17 heavy (non-hydrogen) atoms. The van der Waals surface area contributed by atoms with Gasteiger partial charge in [0.1, 0.15) is 0 Å². The van der Waals surface area contributed by atoms with Crippen LogP contribution < -0.4 is 5.32 Å². The summed E-state index contributed by atoms with van der Waals surface area (Å²) in [5, 5.41) is 3.21. The number of rotatable bonds is 5. The predicted molar refractivity (Wildman–Crippen MR) is 69.2 cm³/mol. The molecule has 0 saturated carbocycles. The molecule has 0 aromatic carbocycles. The van der Waals surface area contributed by atoms with E-state index in [2.05, 4.69) is 5.32 Å². The first-order valence-corrected chi connectivity index (χ1v) is 7.41. The molecule has 0 aliphatic carbocycles. The summed E-state index contributed by atoms with van der Waals surface area (Å²) in [7, 11) is 2.25. The molecule has 6 nitrogen and oxygen atoms in total. The summed E-state index contributed by atoms with van der Waals surface area (Å²) in [5.41, 5.74) is 0. The van der Waals surface area contributed by atoms with Crippen molar-refractivity contribution in [1.29, 1.82) is 0 Å². The van der Waals surface area contributed by atoms with Crippen molar-refractivity contribution in [2.24, 2.45) is 0 Å². The van der Waals surface area contributed by atoms with E-state index >= 15 is 0 Å². The Bertz CT molecular complexity index is 310. The molecule has 0 aromatic heterocycles. The zero-order chi connectivity index (χ0) is 12.9. The minimum atomic E-state index is -3.28. The van der Waals surface area contributed by atoms with Gasteiger partial charge in [-0.3, -0.25) is 0 Å². The van der Waals surface area contributed by atoms with E-state index in [0.717, 1.165) is 26.1 Å². The van der Waals surface area contributed by atoms with Gasteiger partial charge in [0.15, 0.2) is 0 Å². The summed E-state index contributed by atoms with van der Waals surface area (Å²) in [5.74, 6) is 0. The second kappa shape index (κ2) is 6.65. The predicted octanol–water partition coefficient (Wildman–Crippen LogP) is -0.980. The topological polar surface area (TPSA) is 55.9 Å². The second-order valence-corrected chi connectivity index (χ2v) is 6.67. The SMILES string of the molecule is CN(C)CCN(C)S(=O)(=O)N1CCCNCC1. The lowest BCUT2D eigenvalue weighted by Gasteiger charge is -2.26. The zero-order valence-electron chi connectivity index (χ0n) is 11.0. The monoisotopic (exact) mass is 264 g/mol.